The topological polar surface area (TPSA) is 75.1 Å². The molecule has 0 radical (unpaired) electrons. The fourth-order valence-corrected chi connectivity index (χ4v) is 1.55. The Hall–Kier alpha value is -2.00. The number of hydrogen-bond donors (Lipinski definition) is 0. The second kappa shape index (κ2) is 4.02. The van der Waals surface area contributed by atoms with E-state index in [0.717, 1.165) is 17.7 Å². The van der Waals surface area contributed by atoms with E-state index in [1.165, 1.54) is 0 Å². The molecule has 0 bridgehead atoms. The first kappa shape index (κ1) is 9.55. The predicted octanol–water partition coefficient (Wildman–Crippen LogP) is 2.11. The van der Waals surface area contributed by atoms with Crippen molar-refractivity contribution in [2.24, 2.45) is 5.11 Å². The molecular weight excluding hydrogens is 194 g/mol. The fourth-order valence-electron chi connectivity index (χ4n) is 1.55. The van der Waals surface area contributed by atoms with Crippen LogP contribution in [0.1, 0.15) is 15.9 Å². The van der Waals surface area contributed by atoms with E-state index in [0.29, 0.717) is 12.2 Å². The maximum atomic E-state index is 11.5. The summed E-state index contributed by atoms with van der Waals surface area (Å²) >= 11 is 0. The number of benzene rings is 1. The van der Waals surface area contributed by atoms with Crippen LogP contribution < -0.4 is 4.74 Å². The second-order valence-corrected chi connectivity index (χ2v) is 3.23. The van der Waals surface area contributed by atoms with Gasteiger partial charge in [-0.2, -0.15) is 0 Å². The number of carbonyl (C=O) groups excluding carboxylic acids is 1. The Labute approximate surface area is 86.3 Å². The van der Waals surface area contributed by atoms with Gasteiger partial charge in [0.05, 0.1) is 13.2 Å². The Kier molecular flexibility index (Phi) is 2.56. The summed E-state index contributed by atoms with van der Waals surface area (Å²) in [5, 5.41) is 3.24. The van der Waals surface area contributed by atoms with Gasteiger partial charge in [0, 0.05) is 16.9 Å². The predicted molar refractivity (Wildman–Crippen MR) is 54.0 cm³/mol. The average Bonchev–Trinajstić information content (AvgIpc) is 2.72. The summed E-state index contributed by atoms with van der Waals surface area (Å²) in [4.78, 5) is 14.1. The van der Waals surface area contributed by atoms with Crippen LogP contribution in [0.3, 0.4) is 0 Å². The smallest absolute Gasteiger partial charge is 0.168 e. The molecule has 1 aliphatic heterocycles. The standard InChI is InChI=1S/C10H9N3O2/c11-13-12-6-9(14)7-1-2-10-8(5-7)3-4-15-10/h1-2,5H,3-4,6H2. The van der Waals surface area contributed by atoms with Crippen LogP contribution >= 0.6 is 0 Å². The van der Waals surface area contributed by atoms with Crippen molar-refractivity contribution in [3.63, 3.8) is 0 Å². The number of Topliss-reactive ketones (excluding diaryl/α,β-unsaturated/α-hetero) is 1. The van der Waals surface area contributed by atoms with Gasteiger partial charge in [0.15, 0.2) is 5.78 Å². The highest BCUT2D eigenvalue weighted by atomic mass is 16.5. The second-order valence-electron chi connectivity index (χ2n) is 3.23. The molecule has 5 nitrogen and oxygen atoms in total. The number of azide groups is 1. The number of ether oxygens (including phenoxy) is 1. The van der Waals surface area contributed by atoms with Gasteiger partial charge < -0.3 is 4.74 Å². The van der Waals surface area contributed by atoms with E-state index in [1.54, 1.807) is 18.2 Å². The molecule has 1 aromatic carbocycles. The van der Waals surface area contributed by atoms with E-state index < -0.39 is 0 Å². The molecule has 0 amide bonds. The van der Waals surface area contributed by atoms with Crippen LogP contribution in [0.2, 0.25) is 0 Å². The Morgan fingerprint density at radius 1 is 1.60 bits per heavy atom. The quantitative estimate of drug-likeness (QED) is 0.326. The minimum Gasteiger partial charge on any atom is -0.493 e. The van der Waals surface area contributed by atoms with Crippen molar-refractivity contribution in [1.82, 2.24) is 0 Å². The first-order valence-electron chi connectivity index (χ1n) is 4.61. The van der Waals surface area contributed by atoms with Gasteiger partial charge in [-0.3, -0.25) is 4.79 Å². The number of rotatable bonds is 3. The lowest BCUT2D eigenvalue weighted by molar-refractivity contribution is 0.100. The molecule has 5 heteroatoms. The van der Waals surface area contributed by atoms with Crippen LogP contribution in [-0.4, -0.2) is 18.9 Å². The van der Waals surface area contributed by atoms with Crippen LogP contribution in [0.25, 0.3) is 10.4 Å². The molecule has 0 atom stereocenters. The summed E-state index contributed by atoms with van der Waals surface area (Å²) in [5.41, 5.74) is 9.72. The largest absolute Gasteiger partial charge is 0.493 e. The van der Waals surface area contributed by atoms with Gasteiger partial charge in [0.2, 0.25) is 0 Å². The summed E-state index contributed by atoms with van der Waals surface area (Å²) in [7, 11) is 0. The van der Waals surface area contributed by atoms with Gasteiger partial charge in [0.1, 0.15) is 5.75 Å². The monoisotopic (exact) mass is 203 g/mol. The molecular formula is C10H9N3O2. The zero-order valence-corrected chi connectivity index (χ0v) is 8.01. The van der Waals surface area contributed by atoms with Gasteiger partial charge in [-0.25, -0.2) is 0 Å². The van der Waals surface area contributed by atoms with Crippen LogP contribution in [0.15, 0.2) is 23.3 Å². The highest BCUT2D eigenvalue weighted by Gasteiger charge is 2.14. The van der Waals surface area contributed by atoms with E-state index in [4.69, 9.17) is 10.3 Å². The third-order valence-electron chi connectivity index (χ3n) is 2.29. The average molecular weight is 203 g/mol. The zero-order chi connectivity index (χ0) is 10.7. The van der Waals surface area contributed by atoms with E-state index in [-0.39, 0.29) is 12.3 Å². The Balaban J connectivity index is 2.22. The van der Waals surface area contributed by atoms with E-state index in [2.05, 4.69) is 10.0 Å². The number of nitrogens with zero attached hydrogens (tertiary/aromatic N) is 3. The highest BCUT2D eigenvalue weighted by Crippen LogP contribution is 2.25. The molecule has 0 aliphatic carbocycles. The van der Waals surface area contributed by atoms with E-state index in [9.17, 15) is 4.79 Å². The van der Waals surface area contributed by atoms with Crippen molar-refractivity contribution < 1.29 is 9.53 Å². The van der Waals surface area contributed by atoms with Gasteiger partial charge in [-0.05, 0) is 29.3 Å². The molecule has 0 fully saturated rings. The molecule has 2 rings (SSSR count). The lowest BCUT2D eigenvalue weighted by atomic mass is 10.1. The minimum atomic E-state index is -0.164. The normalized spacial score (nSPS) is 12.5. The lowest BCUT2D eigenvalue weighted by Crippen LogP contribution is -2.02. The summed E-state index contributed by atoms with van der Waals surface area (Å²) < 4.78 is 5.32. The number of fused-ring (bicyclic) bond motifs is 1. The first-order valence-corrected chi connectivity index (χ1v) is 4.61. The molecule has 0 unspecified atom stereocenters. The fraction of sp³-hybridized carbons (Fsp3) is 0.300. The summed E-state index contributed by atoms with van der Waals surface area (Å²) in [6.45, 7) is 0.541. The van der Waals surface area contributed by atoms with Crippen molar-refractivity contribution >= 4 is 5.78 Å². The van der Waals surface area contributed by atoms with Crippen molar-refractivity contribution in [3.8, 4) is 5.75 Å². The van der Waals surface area contributed by atoms with Gasteiger partial charge in [-0.1, -0.05) is 5.11 Å². The minimum absolute atomic E-state index is 0.129. The van der Waals surface area contributed by atoms with Gasteiger partial charge in [-0.15, -0.1) is 0 Å². The molecule has 1 heterocycles. The molecule has 0 saturated carbocycles. The number of carbonyl (C=O) groups is 1. The molecule has 1 aliphatic rings. The number of hydrogen-bond acceptors (Lipinski definition) is 3. The third-order valence-corrected chi connectivity index (χ3v) is 2.29. The summed E-state index contributed by atoms with van der Waals surface area (Å²) in [6.07, 6.45) is 0.831. The summed E-state index contributed by atoms with van der Waals surface area (Å²) in [5.74, 6) is 0.679. The molecule has 1 aromatic rings. The highest BCUT2D eigenvalue weighted by molar-refractivity contribution is 5.98. The maximum Gasteiger partial charge on any atom is 0.168 e. The molecule has 0 spiro atoms. The van der Waals surface area contributed by atoms with Crippen LogP contribution in [0, 0.1) is 0 Å². The zero-order valence-electron chi connectivity index (χ0n) is 8.01. The molecule has 0 aromatic heterocycles. The van der Waals surface area contributed by atoms with Crippen molar-refractivity contribution in [1.29, 1.82) is 0 Å². The van der Waals surface area contributed by atoms with Crippen LogP contribution in [0.5, 0.6) is 5.75 Å². The number of ketones is 1. The van der Waals surface area contributed by atoms with Gasteiger partial charge >= 0.3 is 0 Å². The molecule has 0 saturated heterocycles. The SMILES string of the molecule is [N-]=[N+]=NCC(=O)c1ccc2c(c1)CCO2. The van der Waals surface area contributed by atoms with E-state index >= 15 is 0 Å². The van der Waals surface area contributed by atoms with Crippen molar-refractivity contribution in [2.45, 2.75) is 6.42 Å². The first-order chi connectivity index (χ1) is 7.31. The maximum absolute atomic E-state index is 11.5. The van der Waals surface area contributed by atoms with Crippen molar-refractivity contribution in [3.05, 3.63) is 39.8 Å². The van der Waals surface area contributed by atoms with Crippen LogP contribution in [-0.2, 0) is 6.42 Å². The molecule has 76 valence electrons. The third kappa shape index (κ3) is 1.92. The molecule has 0 N–H and O–H groups in total. The Morgan fingerprint density at radius 2 is 2.47 bits per heavy atom. The van der Waals surface area contributed by atoms with Gasteiger partial charge in [0.25, 0.3) is 0 Å². The Bertz CT molecular complexity index is 450. The van der Waals surface area contributed by atoms with Crippen molar-refractivity contribution in [2.75, 3.05) is 13.2 Å². The lowest BCUT2D eigenvalue weighted by Gasteiger charge is -2.01. The Morgan fingerprint density at radius 3 is 3.27 bits per heavy atom. The van der Waals surface area contributed by atoms with E-state index in [1.807, 2.05) is 0 Å². The molecule has 15 heavy (non-hydrogen) atoms. The summed E-state index contributed by atoms with van der Waals surface area (Å²) in [6, 6.07) is 5.28. The van der Waals surface area contributed by atoms with Crippen LogP contribution in [0.4, 0.5) is 0 Å².